The first kappa shape index (κ1) is 20.0. The lowest BCUT2D eigenvalue weighted by Gasteiger charge is -2.62. The average molecular weight is 399 g/mol. The number of amides is 1. The highest BCUT2D eigenvalue weighted by Gasteiger charge is 2.64. The zero-order valence-electron chi connectivity index (χ0n) is 16.3. The number of carbonyl (C=O) groups excluding carboxylic acids is 1. The SMILES string of the molecule is CC1(C)[C@H](NC(=O)Oc2ccccc2)C(C)(C)[C@H]1Oc1ccc(C#N)c(Cl)c1. The fourth-order valence-electron chi connectivity index (χ4n) is 4.34. The molecule has 3 rings (SSSR count). The molecule has 0 unspecified atom stereocenters. The largest absolute Gasteiger partial charge is 0.489 e. The molecule has 2 aromatic rings. The summed E-state index contributed by atoms with van der Waals surface area (Å²) in [5.74, 6) is 1.09. The Labute approximate surface area is 170 Å². The number of carbonyl (C=O) groups is 1. The van der Waals surface area contributed by atoms with Crippen molar-refractivity contribution in [1.82, 2.24) is 5.32 Å². The van der Waals surface area contributed by atoms with Gasteiger partial charge in [0.15, 0.2) is 0 Å². The van der Waals surface area contributed by atoms with Gasteiger partial charge in [-0.2, -0.15) is 5.26 Å². The number of hydrogen-bond donors (Lipinski definition) is 1. The molecule has 0 aromatic heterocycles. The van der Waals surface area contributed by atoms with Gasteiger partial charge in [-0.3, -0.25) is 0 Å². The molecule has 1 fully saturated rings. The monoisotopic (exact) mass is 398 g/mol. The number of nitriles is 1. The van der Waals surface area contributed by atoms with Crippen LogP contribution in [0.2, 0.25) is 5.02 Å². The van der Waals surface area contributed by atoms with E-state index in [4.69, 9.17) is 26.3 Å². The zero-order chi connectivity index (χ0) is 20.5. The minimum Gasteiger partial charge on any atom is -0.489 e. The fraction of sp³-hybridized carbons (Fsp3) is 0.364. The number of halogens is 1. The zero-order valence-corrected chi connectivity index (χ0v) is 17.1. The van der Waals surface area contributed by atoms with Gasteiger partial charge in [0, 0.05) is 22.9 Å². The summed E-state index contributed by atoms with van der Waals surface area (Å²) < 4.78 is 11.6. The van der Waals surface area contributed by atoms with Crippen molar-refractivity contribution in [2.24, 2.45) is 10.8 Å². The molecule has 0 heterocycles. The molecule has 28 heavy (non-hydrogen) atoms. The van der Waals surface area contributed by atoms with Crippen LogP contribution < -0.4 is 14.8 Å². The van der Waals surface area contributed by atoms with Crippen LogP contribution in [0, 0.1) is 22.2 Å². The lowest BCUT2D eigenvalue weighted by Crippen LogP contribution is -2.74. The molecule has 146 valence electrons. The molecule has 5 nitrogen and oxygen atoms in total. The highest BCUT2D eigenvalue weighted by molar-refractivity contribution is 6.31. The molecular weight excluding hydrogens is 376 g/mol. The van der Waals surface area contributed by atoms with Crippen LogP contribution in [0.4, 0.5) is 4.79 Å². The van der Waals surface area contributed by atoms with Gasteiger partial charge in [0.1, 0.15) is 23.7 Å². The van der Waals surface area contributed by atoms with Crippen LogP contribution in [-0.2, 0) is 0 Å². The topological polar surface area (TPSA) is 71.3 Å². The molecule has 1 amide bonds. The van der Waals surface area contributed by atoms with E-state index >= 15 is 0 Å². The van der Waals surface area contributed by atoms with Crippen LogP contribution in [0.25, 0.3) is 0 Å². The van der Waals surface area contributed by atoms with Gasteiger partial charge in [0.25, 0.3) is 0 Å². The summed E-state index contributed by atoms with van der Waals surface area (Å²) in [6.07, 6.45) is -0.650. The Morgan fingerprint density at radius 3 is 2.29 bits per heavy atom. The Morgan fingerprint density at radius 1 is 1.07 bits per heavy atom. The van der Waals surface area contributed by atoms with Gasteiger partial charge < -0.3 is 14.8 Å². The third-order valence-corrected chi connectivity index (χ3v) is 5.68. The first-order valence-corrected chi connectivity index (χ1v) is 9.43. The molecule has 0 atom stereocenters. The van der Waals surface area contributed by atoms with Crippen LogP contribution in [0.1, 0.15) is 33.3 Å². The van der Waals surface area contributed by atoms with Crippen LogP contribution in [0.15, 0.2) is 48.5 Å². The molecule has 0 radical (unpaired) electrons. The molecule has 1 aliphatic carbocycles. The van der Waals surface area contributed by atoms with Gasteiger partial charge >= 0.3 is 6.09 Å². The second kappa shape index (κ2) is 7.37. The van der Waals surface area contributed by atoms with E-state index in [1.54, 1.807) is 30.3 Å². The van der Waals surface area contributed by atoms with Crippen LogP contribution in [0.3, 0.4) is 0 Å². The maximum absolute atomic E-state index is 12.3. The second-order valence-electron chi connectivity index (χ2n) is 8.17. The minimum absolute atomic E-state index is 0.143. The van der Waals surface area contributed by atoms with Crippen LogP contribution in [-0.4, -0.2) is 18.2 Å². The highest BCUT2D eigenvalue weighted by Crippen LogP contribution is 2.55. The van der Waals surface area contributed by atoms with Crippen molar-refractivity contribution in [3.05, 3.63) is 59.1 Å². The molecule has 6 heteroatoms. The van der Waals surface area contributed by atoms with Gasteiger partial charge in [-0.05, 0) is 24.3 Å². The van der Waals surface area contributed by atoms with E-state index in [9.17, 15) is 4.79 Å². The standard InChI is InChI=1S/C22H23ClN2O3/c1-21(2)18(25-20(26)28-15-8-6-5-7-9-15)22(3,4)19(21)27-16-11-10-14(13-24)17(23)12-16/h5-12,18-19H,1-4H3,(H,25,26)/t18-,19-. The maximum Gasteiger partial charge on any atom is 0.412 e. The van der Waals surface area contributed by atoms with Crippen molar-refractivity contribution in [2.75, 3.05) is 0 Å². The van der Waals surface area contributed by atoms with Gasteiger partial charge in [0.05, 0.1) is 10.6 Å². The lowest BCUT2D eigenvalue weighted by molar-refractivity contribution is -0.164. The van der Waals surface area contributed by atoms with E-state index in [1.165, 1.54) is 0 Å². The van der Waals surface area contributed by atoms with Crippen LogP contribution >= 0.6 is 11.6 Å². The predicted octanol–water partition coefficient (Wildman–Crippen LogP) is 5.18. The Kier molecular flexibility index (Phi) is 5.27. The summed E-state index contributed by atoms with van der Waals surface area (Å²) in [4.78, 5) is 12.3. The molecule has 0 saturated heterocycles. The van der Waals surface area contributed by atoms with E-state index in [1.807, 2.05) is 52.0 Å². The smallest absolute Gasteiger partial charge is 0.412 e. The van der Waals surface area contributed by atoms with Crippen molar-refractivity contribution in [1.29, 1.82) is 5.26 Å². The van der Waals surface area contributed by atoms with Gasteiger partial charge in [-0.25, -0.2) is 4.79 Å². The summed E-state index contributed by atoms with van der Waals surface area (Å²) in [6.45, 7) is 8.17. The number of nitrogens with one attached hydrogen (secondary N) is 1. The Bertz CT molecular complexity index is 903. The minimum atomic E-state index is -0.489. The van der Waals surface area contributed by atoms with E-state index in [0.717, 1.165) is 0 Å². The normalized spacial score (nSPS) is 21.7. The van der Waals surface area contributed by atoms with E-state index in [2.05, 4.69) is 5.32 Å². The van der Waals surface area contributed by atoms with Crippen molar-refractivity contribution >= 4 is 17.7 Å². The van der Waals surface area contributed by atoms with Crippen molar-refractivity contribution in [3.8, 4) is 17.6 Å². The molecule has 1 N–H and O–H groups in total. The first-order chi connectivity index (χ1) is 13.2. The molecule has 1 saturated carbocycles. The van der Waals surface area contributed by atoms with E-state index in [-0.39, 0.29) is 23.0 Å². The first-order valence-electron chi connectivity index (χ1n) is 9.06. The van der Waals surface area contributed by atoms with Gasteiger partial charge in [-0.15, -0.1) is 0 Å². The summed E-state index contributed by atoms with van der Waals surface area (Å²) >= 11 is 6.11. The Hall–Kier alpha value is -2.71. The number of nitrogens with zero attached hydrogens (tertiary/aromatic N) is 1. The number of hydrogen-bond acceptors (Lipinski definition) is 4. The lowest BCUT2D eigenvalue weighted by atomic mass is 9.49. The maximum atomic E-state index is 12.3. The molecule has 0 spiro atoms. The summed E-state index contributed by atoms with van der Waals surface area (Å²) in [5.41, 5.74) is -0.261. The summed E-state index contributed by atoms with van der Waals surface area (Å²) in [5, 5.41) is 12.3. The van der Waals surface area contributed by atoms with E-state index in [0.29, 0.717) is 22.1 Å². The molecule has 0 aliphatic heterocycles. The second-order valence-corrected chi connectivity index (χ2v) is 8.58. The summed E-state index contributed by atoms with van der Waals surface area (Å²) in [6, 6.07) is 15.9. The third kappa shape index (κ3) is 3.65. The van der Waals surface area contributed by atoms with Crippen molar-refractivity contribution in [2.45, 2.75) is 39.8 Å². The van der Waals surface area contributed by atoms with Gasteiger partial charge in [-0.1, -0.05) is 57.5 Å². The third-order valence-electron chi connectivity index (χ3n) is 5.37. The van der Waals surface area contributed by atoms with Crippen molar-refractivity contribution < 1.29 is 14.3 Å². The Balaban J connectivity index is 1.70. The average Bonchev–Trinajstić information content (AvgIpc) is 2.65. The number of benzene rings is 2. The van der Waals surface area contributed by atoms with Crippen molar-refractivity contribution in [3.63, 3.8) is 0 Å². The Morgan fingerprint density at radius 2 is 1.71 bits per heavy atom. The quantitative estimate of drug-likeness (QED) is 0.769. The number of rotatable bonds is 4. The number of para-hydroxylation sites is 1. The number of ether oxygens (including phenoxy) is 2. The highest BCUT2D eigenvalue weighted by atomic mass is 35.5. The fourth-order valence-corrected chi connectivity index (χ4v) is 4.55. The molecule has 2 aromatic carbocycles. The molecular formula is C22H23ClN2O3. The summed E-state index contributed by atoms with van der Waals surface area (Å²) in [7, 11) is 0. The molecule has 1 aliphatic rings. The predicted molar refractivity (Wildman–Crippen MR) is 108 cm³/mol. The van der Waals surface area contributed by atoms with Crippen LogP contribution in [0.5, 0.6) is 11.5 Å². The molecule has 0 bridgehead atoms. The van der Waals surface area contributed by atoms with E-state index < -0.39 is 6.09 Å². The van der Waals surface area contributed by atoms with Gasteiger partial charge in [0.2, 0.25) is 0 Å².